The lowest BCUT2D eigenvalue weighted by molar-refractivity contribution is -0.122. The normalized spacial score (nSPS) is 15.0. The van der Waals surface area contributed by atoms with E-state index in [0.717, 1.165) is 122 Å². The van der Waals surface area contributed by atoms with Crippen LogP contribution in [-0.4, -0.2) is 46.6 Å². The van der Waals surface area contributed by atoms with Gasteiger partial charge in [0.2, 0.25) is 23.6 Å². The van der Waals surface area contributed by atoms with Crippen molar-refractivity contribution in [3.8, 4) is 0 Å². The number of benzene rings is 4. The molecule has 16 heteroatoms. The quantitative estimate of drug-likeness (QED) is 0.0325. The Hall–Kier alpha value is -3.22. The zero-order valence-electron chi connectivity index (χ0n) is 45.9. The Balaban J connectivity index is 1.00. The fourth-order valence-corrected chi connectivity index (χ4v) is 20.8. The van der Waals surface area contributed by atoms with Crippen molar-refractivity contribution < 1.29 is 19.2 Å². The van der Waals surface area contributed by atoms with Crippen LogP contribution in [0, 0.1) is 0 Å². The summed E-state index contributed by atoms with van der Waals surface area (Å²) in [5, 5.41) is 12.7. The van der Waals surface area contributed by atoms with Gasteiger partial charge in [-0.15, -0.1) is 47.0 Å². The molecule has 78 heavy (non-hydrogen) atoms. The second-order valence-electron chi connectivity index (χ2n) is 19.6. The van der Waals surface area contributed by atoms with Gasteiger partial charge in [0, 0.05) is 25.7 Å². The number of carbonyl (C=O) groups is 4. The Kier molecular flexibility index (Phi) is 30.3. The highest BCUT2D eigenvalue weighted by atomic mass is 32.3. The minimum Gasteiger partial charge on any atom is -0.350 e. The van der Waals surface area contributed by atoms with Gasteiger partial charge < -0.3 is 21.3 Å². The summed E-state index contributed by atoms with van der Waals surface area (Å²) < 4.78 is 8.27. The topological polar surface area (TPSA) is 116 Å². The lowest BCUT2D eigenvalue weighted by atomic mass is 10.1. The molecule has 4 atom stereocenters. The molecule has 0 saturated heterocycles. The maximum absolute atomic E-state index is 12.8. The third-order valence-corrected chi connectivity index (χ3v) is 25.0. The van der Waals surface area contributed by atoms with Gasteiger partial charge in [0.25, 0.3) is 0 Å². The number of nitrogens with one attached hydrogen (secondary N) is 4. The van der Waals surface area contributed by atoms with Gasteiger partial charge in [-0.25, -0.2) is 0 Å². The van der Waals surface area contributed by atoms with Crippen molar-refractivity contribution in [3.63, 3.8) is 0 Å². The highest BCUT2D eigenvalue weighted by Gasteiger charge is 2.31. The molecule has 0 aromatic heterocycles. The van der Waals surface area contributed by atoms with E-state index in [1.54, 1.807) is 0 Å². The van der Waals surface area contributed by atoms with Crippen LogP contribution < -0.4 is 21.3 Å². The maximum Gasteiger partial charge on any atom is 0.220 e. The summed E-state index contributed by atoms with van der Waals surface area (Å²) in [7, 11) is 0. The van der Waals surface area contributed by atoms with Crippen molar-refractivity contribution in [2.75, 3.05) is 23.0 Å². The molecule has 420 valence electrons. The van der Waals surface area contributed by atoms with Gasteiger partial charge in [0.05, 0.1) is 49.6 Å². The van der Waals surface area contributed by atoms with E-state index in [-0.39, 0.29) is 47.8 Å². The summed E-state index contributed by atoms with van der Waals surface area (Å²) in [4.78, 5) is 51.2. The van der Waals surface area contributed by atoms with E-state index >= 15 is 0 Å². The highest BCUT2D eigenvalue weighted by Crippen LogP contribution is 2.66. The zero-order chi connectivity index (χ0) is 55.2. The van der Waals surface area contributed by atoms with E-state index < -0.39 is 0 Å². The molecule has 2 aliphatic heterocycles. The summed E-state index contributed by atoms with van der Waals surface area (Å²) in [5.74, 6) is 4.48. The lowest BCUT2D eigenvalue weighted by Gasteiger charge is -2.14. The van der Waals surface area contributed by atoms with E-state index in [2.05, 4.69) is 69.8 Å². The fraction of sp³-hybridized carbons (Fsp3) is 0.452. The maximum atomic E-state index is 12.8. The van der Waals surface area contributed by atoms with Gasteiger partial charge in [0.1, 0.15) is 0 Å². The van der Waals surface area contributed by atoms with Crippen molar-refractivity contribution in [2.45, 2.75) is 155 Å². The molecule has 4 amide bonds. The van der Waals surface area contributed by atoms with E-state index in [1.807, 2.05) is 195 Å². The predicted octanol–water partition coefficient (Wildman–Crippen LogP) is 18.0. The van der Waals surface area contributed by atoms with Crippen molar-refractivity contribution in [2.24, 2.45) is 0 Å². The average Bonchev–Trinajstić information content (AvgIpc) is 4.06. The average molecular weight is 1200 g/mol. The van der Waals surface area contributed by atoms with Gasteiger partial charge >= 0.3 is 0 Å². The molecule has 0 aliphatic carbocycles. The Bertz CT molecular complexity index is 2210. The molecule has 4 aromatic carbocycles. The third kappa shape index (κ3) is 24.1. The van der Waals surface area contributed by atoms with Crippen LogP contribution in [0.3, 0.4) is 0 Å². The molecular weight excluding hydrogens is 1120 g/mol. The van der Waals surface area contributed by atoms with Crippen LogP contribution in [0.15, 0.2) is 147 Å². The first-order valence-electron chi connectivity index (χ1n) is 27.8. The second kappa shape index (κ2) is 37.0. The fourth-order valence-electron chi connectivity index (χ4n) is 8.54. The van der Waals surface area contributed by atoms with Gasteiger partial charge in [0.15, 0.2) is 0 Å². The number of hydrogen-bond donors (Lipinski definition) is 4. The second-order valence-corrected chi connectivity index (χ2v) is 29.6. The molecule has 0 radical (unpaired) electrons. The minimum atomic E-state index is -0.00187. The Labute approximate surface area is 500 Å². The lowest BCUT2D eigenvalue weighted by Crippen LogP contribution is -2.26. The SMILES string of the molecule is C[C@H](NC(=O)CCCCCSC1=C(SCCCCCC(=O)N[C@@H](C)c2ccccc2)SC(=C2SC(SCCCCCC(=O)N[C@@H](C)c3ccccc3)=C(SCCCCCC(=O)N[C@@H](C)c3ccccc3)S2)S1)c1ccccc1. The van der Waals surface area contributed by atoms with Crippen LogP contribution in [0.25, 0.3) is 0 Å². The number of thioether (sulfide) groups is 8. The Morgan fingerprint density at radius 2 is 0.526 bits per heavy atom. The largest absolute Gasteiger partial charge is 0.350 e. The number of amides is 4. The number of carbonyl (C=O) groups excluding carboxylic acids is 4. The van der Waals surface area contributed by atoms with Crippen molar-refractivity contribution in [1.29, 1.82) is 0 Å². The monoisotopic (exact) mass is 1200 g/mol. The first-order chi connectivity index (χ1) is 38.0. The Morgan fingerprint density at radius 1 is 0.321 bits per heavy atom. The molecule has 4 aromatic rings. The van der Waals surface area contributed by atoms with E-state index in [0.29, 0.717) is 25.7 Å². The van der Waals surface area contributed by atoms with Crippen LogP contribution in [-0.2, 0) is 19.2 Å². The first kappa shape index (κ1) is 64.0. The molecule has 0 bridgehead atoms. The molecule has 2 heterocycles. The van der Waals surface area contributed by atoms with Crippen molar-refractivity contribution >= 4 is 118 Å². The van der Waals surface area contributed by atoms with Gasteiger partial charge in [-0.1, -0.05) is 194 Å². The smallest absolute Gasteiger partial charge is 0.220 e. The molecule has 4 N–H and O–H groups in total. The van der Waals surface area contributed by atoms with E-state index in [4.69, 9.17) is 0 Å². The summed E-state index contributed by atoms with van der Waals surface area (Å²) in [5.41, 5.74) is 4.48. The van der Waals surface area contributed by atoms with Gasteiger partial charge in [-0.05, 0) is 124 Å². The highest BCUT2D eigenvalue weighted by molar-refractivity contribution is 8.45. The van der Waals surface area contributed by atoms with Crippen LogP contribution in [0.1, 0.15) is 177 Å². The molecule has 2 aliphatic rings. The van der Waals surface area contributed by atoms with Crippen LogP contribution >= 0.6 is 94.1 Å². The zero-order valence-corrected chi connectivity index (χ0v) is 52.4. The van der Waals surface area contributed by atoms with Gasteiger partial charge in [-0.3, -0.25) is 19.2 Å². The standard InChI is InChI=1S/C62H80N4O4S8/c1-45(49-29-13-5-14-30-49)63-53(67)37-21-9-25-41-71-57-58(72-42-26-10-22-38-54(68)64-46(2)50-31-15-6-16-32-50)76-61(75-57)62-77-59(73-43-27-11-23-39-55(69)65-47(3)51-33-17-7-18-34-51)60(78-62)74-44-28-12-24-40-56(70)66-48(4)52-35-19-8-20-36-52/h5-8,13-20,29-36,45-48H,9-12,21-28,37-44H2,1-4H3,(H,63,67)(H,64,68)(H,65,69)(H,66,70)/t45-,46-,47-,48-/m0/s1. The van der Waals surface area contributed by atoms with Crippen molar-refractivity contribution in [1.82, 2.24) is 21.3 Å². The van der Waals surface area contributed by atoms with Gasteiger partial charge in [-0.2, -0.15) is 0 Å². The van der Waals surface area contributed by atoms with Crippen LogP contribution in [0.4, 0.5) is 0 Å². The number of unbranched alkanes of at least 4 members (excludes halogenated alkanes) is 8. The molecule has 0 spiro atoms. The van der Waals surface area contributed by atoms with Crippen LogP contribution in [0.5, 0.6) is 0 Å². The summed E-state index contributed by atoms with van der Waals surface area (Å²) in [6.07, 6.45) is 13.9. The van der Waals surface area contributed by atoms with Crippen molar-refractivity contribution in [3.05, 3.63) is 169 Å². The third-order valence-electron chi connectivity index (χ3n) is 13.1. The molecular formula is C62H80N4O4S8. The number of hydrogen-bond acceptors (Lipinski definition) is 12. The molecule has 0 saturated carbocycles. The summed E-state index contributed by atoms with van der Waals surface area (Å²) in [6.45, 7) is 8.17. The predicted molar refractivity (Wildman–Crippen MR) is 347 cm³/mol. The molecule has 6 rings (SSSR count). The summed E-state index contributed by atoms with van der Waals surface area (Å²) in [6, 6.07) is 40.5. The van der Waals surface area contributed by atoms with E-state index in [1.165, 1.54) is 25.4 Å². The Morgan fingerprint density at radius 3 is 0.731 bits per heavy atom. The molecule has 0 unspecified atom stereocenters. The number of rotatable bonds is 36. The minimum absolute atomic E-state index is 0.00187. The first-order valence-corrected chi connectivity index (χ1v) is 35.1. The molecule has 0 fully saturated rings. The summed E-state index contributed by atoms with van der Waals surface area (Å²) >= 11 is 15.6. The van der Waals surface area contributed by atoms with Crippen LogP contribution in [0.2, 0.25) is 0 Å². The van der Waals surface area contributed by atoms with E-state index in [9.17, 15) is 19.2 Å². The molecule has 8 nitrogen and oxygen atoms in total.